The van der Waals surface area contributed by atoms with E-state index in [1.165, 1.54) is 11.3 Å². The molecule has 0 saturated heterocycles. The van der Waals surface area contributed by atoms with Crippen LogP contribution in [0.5, 0.6) is 0 Å². The third kappa shape index (κ3) is 4.28. The minimum absolute atomic E-state index is 0.125. The van der Waals surface area contributed by atoms with Crippen LogP contribution < -0.4 is 5.32 Å². The number of nitrogens with zero attached hydrogens (tertiary/aromatic N) is 1. The molecule has 0 bridgehead atoms. The number of aliphatic hydroxyl groups excluding tert-OH is 1. The van der Waals surface area contributed by atoms with Crippen molar-refractivity contribution in [2.45, 2.75) is 26.2 Å². The molecule has 1 heterocycles. The van der Waals surface area contributed by atoms with Gasteiger partial charge in [-0.3, -0.25) is 4.79 Å². The fourth-order valence-electron chi connectivity index (χ4n) is 1.59. The summed E-state index contributed by atoms with van der Waals surface area (Å²) in [6, 6.07) is 0. The highest BCUT2D eigenvalue weighted by Gasteiger charge is 2.11. The number of thiazole rings is 1. The first-order chi connectivity index (χ1) is 7.77. The molecule has 0 fully saturated rings. The standard InChI is InChI=1S/C11H18N2O2S/c1-2-3-9(4-5-14)6-12-11(15)10-7-16-8-13-10/h7-9,14H,2-6H2,1H3,(H,12,15). The summed E-state index contributed by atoms with van der Waals surface area (Å²) in [6.07, 6.45) is 2.83. The normalized spacial score (nSPS) is 12.4. The average molecular weight is 242 g/mol. The summed E-state index contributed by atoms with van der Waals surface area (Å²) in [5.74, 6) is 0.234. The Morgan fingerprint density at radius 2 is 2.44 bits per heavy atom. The van der Waals surface area contributed by atoms with Crippen molar-refractivity contribution in [3.05, 3.63) is 16.6 Å². The molecule has 1 amide bonds. The number of nitrogens with one attached hydrogen (secondary N) is 1. The van der Waals surface area contributed by atoms with Crippen molar-refractivity contribution in [3.8, 4) is 0 Å². The number of hydrogen-bond acceptors (Lipinski definition) is 4. The summed E-state index contributed by atoms with van der Waals surface area (Å²) in [6.45, 7) is 2.90. The van der Waals surface area contributed by atoms with E-state index in [0.717, 1.165) is 19.3 Å². The summed E-state index contributed by atoms with van der Waals surface area (Å²) in [5, 5.41) is 13.5. The molecular formula is C11H18N2O2S. The molecular weight excluding hydrogens is 224 g/mol. The molecule has 0 aliphatic rings. The van der Waals surface area contributed by atoms with Crippen molar-refractivity contribution in [3.63, 3.8) is 0 Å². The van der Waals surface area contributed by atoms with Crippen LogP contribution in [0.3, 0.4) is 0 Å². The zero-order valence-electron chi connectivity index (χ0n) is 9.48. The molecule has 0 saturated carbocycles. The molecule has 4 nitrogen and oxygen atoms in total. The maximum absolute atomic E-state index is 11.6. The molecule has 5 heteroatoms. The van der Waals surface area contributed by atoms with E-state index in [0.29, 0.717) is 18.2 Å². The Labute approximate surface area is 99.7 Å². The molecule has 0 aliphatic carbocycles. The maximum atomic E-state index is 11.6. The van der Waals surface area contributed by atoms with Gasteiger partial charge in [-0.2, -0.15) is 0 Å². The Morgan fingerprint density at radius 1 is 1.62 bits per heavy atom. The van der Waals surface area contributed by atoms with Crippen molar-refractivity contribution in [2.24, 2.45) is 5.92 Å². The second-order valence-corrected chi connectivity index (χ2v) is 4.47. The molecule has 0 spiro atoms. The Morgan fingerprint density at radius 3 is 3.00 bits per heavy atom. The second-order valence-electron chi connectivity index (χ2n) is 3.75. The molecule has 1 rings (SSSR count). The van der Waals surface area contributed by atoms with Crippen molar-refractivity contribution in [2.75, 3.05) is 13.2 Å². The number of aromatic nitrogens is 1. The largest absolute Gasteiger partial charge is 0.396 e. The number of carbonyl (C=O) groups excluding carboxylic acids is 1. The Bertz CT molecular complexity index is 295. The lowest BCUT2D eigenvalue weighted by Gasteiger charge is -2.14. The van der Waals surface area contributed by atoms with Crippen molar-refractivity contribution in [1.29, 1.82) is 0 Å². The SMILES string of the molecule is CCCC(CCO)CNC(=O)c1cscn1. The minimum Gasteiger partial charge on any atom is -0.396 e. The predicted octanol–water partition coefficient (Wildman–Crippen LogP) is 1.67. The first kappa shape index (κ1) is 13.1. The van der Waals surface area contributed by atoms with E-state index in [1.807, 2.05) is 0 Å². The van der Waals surface area contributed by atoms with E-state index in [4.69, 9.17) is 5.11 Å². The van der Waals surface area contributed by atoms with E-state index in [9.17, 15) is 4.79 Å². The molecule has 0 radical (unpaired) electrons. The van der Waals surface area contributed by atoms with Crippen LogP contribution in [-0.2, 0) is 0 Å². The van der Waals surface area contributed by atoms with Gasteiger partial charge in [0.25, 0.3) is 5.91 Å². The molecule has 1 atom stereocenters. The number of carbonyl (C=O) groups is 1. The van der Waals surface area contributed by atoms with Crippen LogP contribution in [0.4, 0.5) is 0 Å². The molecule has 90 valence electrons. The van der Waals surface area contributed by atoms with Gasteiger partial charge in [0.05, 0.1) is 5.51 Å². The van der Waals surface area contributed by atoms with Gasteiger partial charge in [-0.15, -0.1) is 11.3 Å². The van der Waals surface area contributed by atoms with Crippen LogP contribution >= 0.6 is 11.3 Å². The number of rotatable bonds is 7. The zero-order valence-corrected chi connectivity index (χ0v) is 10.3. The van der Waals surface area contributed by atoms with Gasteiger partial charge in [0.2, 0.25) is 0 Å². The highest BCUT2D eigenvalue weighted by atomic mass is 32.1. The summed E-state index contributed by atoms with van der Waals surface area (Å²) < 4.78 is 0. The van der Waals surface area contributed by atoms with Gasteiger partial charge in [0.1, 0.15) is 5.69 Å². The van der Waals surface area contributed by atoms with Crippen LogP contribution in [0.1, 0.15) is 36.7 Å². The highest BCUT2D eigenvalue weighted by Crippen LogP contribution is 2.09. The van der Waals surface area contributed by atoms with Gasteiger partial charge in [-0.1, -0.05) is 13.3 Å². The summed E-state index contributed by atoms with van der Waals surface area (Å²) in [7, 11) is 0. The Hall–Kier alpha value is -0.940. The molecule has 1 aromatic rings. The average Bonchev–Trinajstić information content (AvgIpc) is 2.79. The van der Waals surface area contributed by atoms with E-state index >= 15 is 0 Å². The Kier molecular flexibility index (Phi) is 6.03. The van der Waals surface area contributed by atoms with Crippen molar-refractivity contribution < 1.29 is 9.90 Å². The third-order valence-corrected chi connectivity index (χ3v) is 3.04. The second kappa shape index (κ2) is 7.35. The lowest BCUT2D eigenvalue weighted by atomic mass is 10.0. The van der Waals surface area contributed by atoms with Crippen molar-refractivity contribution in [1.82, 2.24) is 10.3 Å². The Balaban J connectivity index is 2.34. The summed E-state index contributed by atoms with van der Waals surface area (Å²) >= 11 is 1.41. The van der Waals surface area contributed by atoms with E-state index in [1.54, 1.807) is 10.9 Å². The van der Waals surface area contributed by atoms with Crippen LogP contribution in [0.2, 0.25) is 0 Å². The first-order valence-corrected chi connectivity index (χ1v) is 6.49. The topological polar surface area (TPSA) is 62.2 Å². The number of hydrogen-bond donors (Lipinski definition) is 2. The van der Waals surface area contributed by atoms with Gasteiger partial charge < -0.3 is 10.4 Å². The molecule has 0 aromatic carbocycles. The fraction of sp³-hybridized carbons (Fsp3) is 0.636. The number of amides is 1. The van der Waals surface area contributed by atoms with Gasteiger partial charge >= 0.3 is 0 Å². The van der Waals surface area contributed by atoms with Crippen LogP contribution in [-0.4, -0.2) is 29.1 Å². The van der Waals surface area contributed by atoms with E-state index < -0.39 is 0 Å². The highest BCUT2D eigenvalue weighted by molar-refractivity contribution is 7.07. The monoisotopic (exact) mass is 242 g/mol. The predicted molar refractivity (Wildman–Crippen MR) is 64.5 cm³/mol. The van der Waals surface area contributed by atoms with Crippen LogP contribution in [0.15, 0.2) is 10.9 Å². The lowest BCUT2D eigenvalue weighted by molar-refractivity contribution is 0.0938. The quantitative estimate of drug-likeness (QED) is 0.764. The number of aliphatic hydroxyl groups is 1. The molecule has 0 aliphatic heterocycles. The van der Waals surface area contributed by atoms with Crippen LogP contribution in [0.25, 0.3) is 0 Å². The minimum atomic E-state index is -0.125. The van der Waals surface area contributed by atoms with E-state index in [2.05, 4.69) is 17.2 Å². The molecule has 1 aromatic heterocycles. The zero-order chi connectivity index (χ0) is 11.8. The molecule has 1 unspecified atom stereocenters. The van der Waals surface area contributed by atoms with Gasteiger partial charge in [-0.05, 0) is 18.8 Å². The van der Waals surface area contributed by atoms with Gasteiger partial charge in [0.15, 0.2) is 0 Å². The lowest BCUT2D eigenvalue weighted by Crippen LogP contribution is -2.29. The summed E-state index contributed by atoms with van der Waals surface area (Å²) in [5.41, 5.74) is 2.12. The van der Waals surface area contributed by atoms with E-state index in [-0.39, 0.29) is 12.5 Å². The van der Waals surface area contributed by atoms with Gasteiger partial charge in [0, 0.05) is 18.5 Å². The van der Waals surface area contributed by atoms with Crippen LogP contribution in [0, 0.1) is 5.92 Å². The fourth-order valence-corrected chi connectivity index (χ4v) is 2.12. The third-order valence-electron chi connectivity index (χ3n) is 2.45. The summed E-state index contributed by atoms with van der Waals surface area (Å²) in [4.78, 5) is 15.5. The first-order valence-electron chi connectivity index (χ1n) is 5.55. The smallest absolute Gasteiger partial charge is 0.270 e. The van der Waals surface area contributed by atoms with Gasteiger partial charge in [-0.25, -0.2) is 4.98 Å². The molecule has 16 heavy (non-hydrogen) atoms. The molecule has 2 N–H and O–H groups in total. The van der Waals surface area contributed by atoms with Crippen molar-refractivity contribution >= 4 is 17.2 Å². The maximum Gasteiger partial charge on any atom is 0.270 e.